The number of likely N-dealkylation sites (tertiary alicyclic amines) is 1. The molecule has 3 aliphatic rings. The quantitative estimate of drug-likeness (QED) is 0.910. The van der Waals surface area contributed by atoms with Crippen molar-refractivity contribution in [2.24, 2.45) is 11.8 Å². The van der Waals surface area contributed by atoms with E-state index < -0.39 is 0 Å². The van der Waals surface area contributed by atoms with Crippen LogP contribution in [0.25, 0.3) is 0 Å². The maximum Gasteiger partial charge on any atom is 0.239 e. The van der Waals surface area contributed by atoms with Crippen molar-refractivity contribution in [3.8, 4) is 0 Å². The summed E-state index contributed by atoms with van der Waals surface area (Å²) in [7, 11) is 0. The van der Waals surface area contributed by atoms with Crippen LogP contribution in [0.2, 0.25) is 0 Å². The fourth-order valence-electron chi connectivity index (χ4n) is 4.73. The van der Waals surface area contributed by atoms with Gasteiger partial charge in [0.05, 0.1) is 4.75 Å². The Morgan fingerprint density at radius 3 is 2.29 bits per heavy atom. The van der Waals surface area contributed by atoms with Gasteiger partial charge in [-0.1, -0.05) is 31.0 Å². The number of nitrogens with zero attached hydrogens (tertiary/aromatic N) is 1. The van der Waals surface area contributed by atoms with Crippen molar-refractivity contribution < 1.29 is 4.79 Å². The predicted molar refractivity (Wildman–Crippen MR) is 99.2 cm³/mol. The average molecular weight is 345 g/mol. The van der Waals surface area contributed by atoms with E-state index in [0.717, 1.165) is 50.9 Å². The van der Waals surface area contributed by atoms with E-state index in [4.69, 9.17) is 0 Å². The molecule has 4 heteroatoms. The van der Waals surface area contributed by atoms with Crippen LogP contribution in [0.4, 0.5) is 0 Å². The number of carbonyl (C=O) groups is 1. The fraction of sp³-hybridized carbons (Fsp3) is 0.650. The van der Waals surface area contributed by atoms with Crippen LogP contribution in [0.5, 0.6) is 0 Å². The van der Waals surface area contributed by atoms with Crippen molar-refractivity contribution >= 4 is 17.7 Å². The maximum atomic E-state index is 13.5. The second-order valence-electron chi connectivity index (χ2n) is 7.66. The maximum absolute atomic E-state index is 13.5. The summed E-state index contributed by atoms with van der Waals surface area (Å²) in [6.45, 7) is 4.21. The van der Waals surface area contributed by atoms with Crippen molar-refractivity contribution in [1.29, 1.82) is 0 Å². The minimum Gasteiger partial charge on any atom is -0.341 e. The normalized spacial score (nSPS) is 29.2. The van der Waals surface area contributed by atoms with Gasteiger partial charge < -0.3 is 10.2 Å². The summed E-state index contributed by atoms with van der Waals surface area (Å²) in [5.74, 6) is 1.98. The molecule has 2 saturated heterocycles. The second-order valence-corrected chi connectivity index (χ2v) is 9.12. The van der Waals surface area contributed by atoms with E-state index in [1.165, 1.54) is 30.6 Å². The Morgan fingerprint density at radius 1 is 1.04 bits per heavy atom. The molecule has 0 aromatic heterocycles. The molecule has 1 aromatic carbocycles. The van der Waals surface area contributed by atoms with E-state index in [9.17, 15) is 4.79 Å². The van der Waals surface area contributed by atoms with Gasteiger partial charge in [0.1, 0.15) is 0 Å². The molecule has 130 valence electrons. The Hall–Kier alpha value is -1.00. The van der Waals surface area contributed by atoms with Crippen LogP contribution in [-0.2, 0) is 4.79 Å². The number of benzene rings is 1. The van der Waals surface area contributed by atoms with Gasteiger partial charge in [0.25, 0.3) is 0 Å². The first-order valence-corrected chi connectivity index (χ1v) is 10.3. The molecule has 2 heterocycles. The lowest BCUT2D eigenvalue weighted by Crippen LogP contribution is -2.46. The Labute approximate surface area is 149 Å². The van der Waals surface area contributed by atoms with Crippen LogP contribution in [0, 0.1) is 11.8 Å². The van der Waals surface area contributed by atoms with E-state index in [1.54, 1.807) is 0 Å². The van der Waals surface area contributed by atoms with E-state index in [1.807, 2.05) is 11.8 Å². The molecule has 0 spiro atoms. The molecule has 3 nitrogen and oxygen atoms in total. The van der Waals surface area contributed by atoms with Gasteiger partial charge in [-0.25, -0.2) is 0 Å². The second kappa shape index (κ2) is 7.09. The Bertz CT molecular complexity index is 556. The zero-order chi connectivity index (χ0) is 16.4. The van der Waals surface area contributed by atoms with Crippen LogP contribution in [-0.4, -0.2) is 41.7 Å². The summed E-state index contributed by atoms with van der Waals surface area (Å²) in [5.41, 5.74) is 0. The van der Waals surface area contributed by atoms with Crippen molar-refractivity contribution in [2.45, 2.75) is 48.2 Å². The first-order valence-electron chi connectivity index (χ1n) is 9.51. The largest absolute Gasteiger partial charge is 0.341 e. The third kappa shape index (κ3) is 3.23. The SMILES string of the molecule is O=C(N1CC[C@@H]2CNC[C@@H]2CC1)C1(Sc2ccccc2)CCCC1. The number of amides is 1. The molecule has 3 fully saturated rings. The third-order valence-electron chi connectivity index (χ3n) is 6.16. The van der Waals surface area contributed by atoms with Crippen molar-refractivity contribution in [3.05, 3.63) is 30.3 Å². The summed E-state index contributed by atoms with van der Waals surface area (Å²) in [5, 5.41) is 3.52. The van der Waals surface area contributed by atoms with Crippen molar-refractivity contribution in [3.63, 3.8) is 0 Å². The van der Waals surface area contributed by atoms with Gasteiger partial charge in [-0.15, -0.1) is 11.8 Å². The van der Waals surface area contributed by atoms with Crippen LogP contribution < -0.4 is 5.32 Å². The van der Waals surface area contributed by atoms with Crippen molar-refractivity contribution in [1.82, 2.24) is 10.2 Å². The fourth-order valence-corrected chi connectivity index (χ4v) is 6.18. The lowest BCUT2D eigenvalue weighted by Gasteiger charge is -2.33. The van der Waals surface area contributed by atoms with Gasteiger partial charge in [0.2, 0.25) is 5.91 Å². The first-order chi connectivity index (χ1) is 11.8. The van der Waals surface area contributed by atoms with E-state index in [2.05, 4.69) is 40.5 Å². The Balaban J connectivity index is 1.49. The summed E-state index contributed by atoms with van der Waals surface area (Å²) >= 11 is 1.83. The van der Waals surface area contributed by atoms with Crippen LogP contribution in [0.15, 0.2) is 35.2 Å². The van der Waals surface area contributed by atoms with E-state index >= 15 is 0 Å². The number of hydrogen-bond acceptors (Lipinski definition) is 3. The monoisotopic (exact) mass is 344 g/mol. The van der Waals surface area contributed by atoms with Gasteiger partial charge in [0, 0.05) is 18.0 Å². The zero-order valence-corrected chi connectivity index (χ0v) is 15.2. The lowest BCUT2D eigenvalue weighted by molar-refractivity contribution is -0.133. The number of nitrogens with one attached hydrogen (secondary N) is 1. The van der Waals surface area contributed by atoms with E-state index in [0.29, 0.717) is 5.91 Å². The highest BCUT2D eigenvalue weighted by molar-refractivity contribution is 8.01. The summed E-state index contributed by atoms with van der Waals surface area (Å²) in [4.78, 5) is 16.9. The molecule has 0 radical (unpaired) electrons. The molecular formula is C20H28N2OS. The zero-order valence-electron chi connectivity index (χ0n) is 14.4. The third-order valence-corrected chi connectivity index (χ3v) is 7.65. The molecule has 2 aliphatic heterocycles. The minimum absolute atomic E-state index is 0.209. The standard InChI is InChI=1S/C20H28N2OS/c23-19(22-12-8-16-14-21-15-17(16)9-13-22)20(10-4-5-11-20)24-18-6-2-1-3-7-18/h1-3,6-7,16-17,21H,4-5,8-15H2/t16-,17+. The number of fused-ring (bicyclic) bond motifs is 1. The highest BCUT2D eigenvalue weighted by Crippen LogP contribution is 2.47. The molecule has 1 amide bonds. The van der Waals surface area contributed by atoms with Gasteiger partial charge in [-0.05, 0) is 62.7 Å². The lowest BCUT2D eigenvalue weighted by atomic mass is 9.92. The molecule has 24 heavy (non-hydrogen) atoms. The number of carbonyl (C=O) groups excluding carboxylic acids is 1. The van der Waals surface area contributed by atoms with Crippen LogP contribution >= 0.6 is 11.8 Å². The first kappa shape index (κ1) is 16.5. The average Bonchev–Trinajstić information content (AvgIpc) is 3.22. The molecule has 0 bridgehead atoms. The molecule has 1 saturated carbocycles. The molecule has 1 aromatic rings. The van der Waals surface area contributed by atoms with Crippen LogP contribution in [0.1, 0.15) is 38.5 Å². The molecule has 4 rings (SSSR count). The number of rotatable bonds is 3. The highest BCUT2D eigenvalue weighted by Gasteiger charge is 2.45. The minimum atomic E-state index is -0.209. The van der Waals surface area contributed by atoms with Crippen LogP contribution in [0.3, 0.4) is 0 Å². The molecule has 1 aliphatic carbocycles. The molecule has 0 unspecified atom stereocenters. The summed E-state index contributed by atoms with van der Waals surface area (Å²) in [6.07, 6.45) is 6.81. The van der Waals surface area contributed by atoms with Gasteiger partial charge in [0.15, 0.2) is 0 Å². The molecule has 1 N–H and O–H groups in total. The smallest absolute Gasteiger partial charge is 0.239 e. The van der Waals surface area contributed by atoms with Gasteiger partial charge in [-0.2, -0.15) is 0 Å². The Morgan fingerprint density at radius 2 is 1.67 bits per heavy atom. The number of thioether (sulfide) groups is 1. The molecular weight excluding hydrogens is 316 g/mol. The highest BCUT2D eigenvalue weighted by atomic mass is 32.2. The Kier molecular flexibility index (Phi) is 4.86. The van der Waals surface area contributed by atoms with Gasteiger partial charge >= 0.3 is 0 Å². The predicted octanol–water partition coefficient (Wildman–Crippen LogP) is 3.55. The summed E-state index contributed by atoms with van der Waals surface area (Å²) in [6, 6.07) is 10.5. The van der Waals surface area contributed by atoms with E-state index in [-0.39, 0.29) is 4.75 Å². The molecule has 2 atom stereocenters. The van der Waals surface area contributed by atoms with Gasteiger partial charge in [-0.3, -0.25) is 4.79 Å². The summed E-state index contributed by atoms with van der Waals surface area (Å²) < 4.78 is -0.209. The number of hydrogen-bond donors (Lipinski definition) is 1. The topological polar surface area (TPSA) is 32.3 Å². The van der Waals surface area contributed by atoms with Crippen molar-refractivity contribution in [2.75, 3.05) is 26.2 Å².